The van der Waals surface area contributed by atoms with Crippen LogP contribution in [0, 0.1) is 18.6 Å². The van der Waals surface area contributed by atoms with Crippen LogP contribution in [0.15, 0.2) is 36.7 Å². The predicted molar refractivity (Wildman–Crippen MR) is 121 cm³/mol. The molecule has 2 heterocycles. The van der Waals surface area contributed by atoms with E-state index in [4.69, 9.17) is 4.74 Å². The summed E-state index contributed by atoms with van der Waals surface area (Å²) in [6.07, 6.45) is 2.33. The summed E-state index contributed by atoms with van der Waals surface area (Å²) < 4.78 is 34.5. The first kappa shape index (κ1) is 26.5. The van der Waals surface area contributed by atoms with E-state index < -0.39 is 29.1 Å². The van der Waals surface area contributed by atoms with Gasteiger partial charge in [0.1, 0.15) is 5.60 Å². The minimum atomic E-state index is -1.31. The SMILES string of the molecule is C.CC.Cc1nn(-c2ccc(NC(=O)OC(C)(C)C)cn2)cc1-c1ccc(O)c(F)c1F. The second-order valence-corrected chi connectivity index (χ2v) is 7.36. The number of anilines is 1. The van der Waals surface area contributed by atoms with Crippen LogP contribution in [0.3, 0.4) is 0 Å². The van der Waals surface area contributed by atoms with Gasteiger partial charge in [-0.15, -0.1) is 0 Å². The topological polar surface area (TPSA) is 89.3 Å². The van der Waals surface area contributed by atoms with Crippen molar-refractivity contribution >= 4 is 11.8 Å². The number of carbonyl (C=O) groups excluding carboxylic acids is 1. The summed E-state index contributed by atoms with van der Waals surface area (Å²) in [6, 6.07) is 5.59. The standard InChI is InChI=1S/C20H20F2N4O3.C2H6.CH4/c1-11-14(13-6-7-15(27)18(22)17(13)21)10-26(25-11)16-8-5-12(9-23-16)24-19(28)29-20(2,3)4;1-2;/h5-10,27H,1-4H3,(H,24,28);1-2H3;1H4. The van der Waals surface area contributed by atoms with Crippen LogP contribution in [0.5, 0.6) is 5.75 Å². The largest absolute Gasteiger partial charge is 0.505 e. The minimum absolute atomic E-state index is 0. The molecule has 0 aliphatic heterocycles. The summed E-state index contributed by atoms with van der Waals surface area (Å²) >= 11 is 0. The zero-order chi connectivity index (χ0) is 23.3. The summed E-state index contributed by atoms with van der Waals surface area (Å²) in [6.45, 7) is 10.9. The number of hydrogen-bond donors (Lipinski definition) is 2. The number of nitrogens with one attached hydrogen (secondary N) is 1. The number of amides is 1. The van der Waals surface area contributed by atoms with Crippen molar-refractivity contribution in [2.75, 3.05) is 5.32 Å². The molecule has 0 atom stereocenters. The van der Waals surface area contributed by atoms with Crippen molar-refractivity contribution in [1.29, 1.82) is 0 Å². The third-order valence-corrected chi connectivity index (χ3v) is 3.88. The molecule has 2 aromatic heterocycles. The molecule has 0 spiro atoms. The monoisotopic (exact) mass is 448 g/mol. The van der Waals surface area contributed by atoms with E-state index >= 15 is 0 Å². The van der Waals surface area contributed by atoms with Crippen molar-refractivity contribution in [3.63, 3.8) is 0 Å². The number of rotatable bonds is 3. The smallest absolute Gasteiger partial charge is 0.412 e. The Labute approximate surface area is 187 Å². The summed E-state index contributed by atoms with van der Waals surface area (Å²) in [5, 5.41) is 16.1. The first-order valence-electron chi connectivity index (χ1n) is 9.75. The molecule has 2 N–H and O–H groups in total. The van der Waals surface area contributed by atoms with E-state index in [1.165, 1.54) is 23.1 Å². The van der Waals surface area contributed by atoms with Gasteiger partial charge in [-0.3, -0.25) is 5.32 Å². The van der Waals surface area contributed by atoms with E-state index in [9.17, 15) is 18.7 Å². The van der Waals surface area contributed by atoms with E-state index in [1.807, 2.05) is 13.8 Å². The lowest BCUT2D eigenvalue weighted by molar-refractivity contribution is 0.0636. The number of aromatic hydroxyl groups is 1. The van der Waals surface area contributed by atoms with Crippen LogP contribution in [0.4, 0.5) is 19.3 Å². The maximum Gasteiger partial charge on any atom is 0.412 e. The highest BCUT2D eigenvalue weighted by Crippen LogP contribution is 2.31. The lowest BCUT2D eigenvalue weighted by atomic mass is 10.1. The molecule has 3 aromatic rings. The summed E-state index contributed by atoms with van der Waals surface area (Å²) in [4.78, 5) is 16.0. The van der Waals surface area contributed by atoms with Crippen molar-refractivity contribution in [3.05, 3.63) is 54.0 Å². The minimum Gasteiger partial charge on any atom is -0.505 e. The summed E-state index contributed by atoms with van der Waals surface area (Å²) in [5.41, 5.74) is 0.598. The van der Waals surface area contributed by atoms with Crippen molar-refractivity contribution in [2.24, 2.45) is 0 Å². The lowest BCUT2D eigenvalue weighted by Crippen LogP contribution is -2.27. The molecule has 0 fully saturated rings. The molecule has 0 saturated heterocycles. The number of ether oxygens (including phenoxy) is 1. The Balaban J connectivity index is 0.00000166. The van der Waals surface area contributed by atoms with Gasteiger partial charge >= 0.3 is 6.09 Å². The first-order valence-corrected chi connectivity index (χ1v) is 9.75. The molecule has 0 saturated carbocycles. The van der Waals surface area contributed by atoms with Crippen molar-refractivity contribution in [2.45, 2.75) is 54.6 Å². The highest BCUT2D eigenvalue weighted by atomic mass is 19.2. The number of carbonyl (C=O) groups is 1. The highest BCUT2D eigenvalue weighted by molar-refractivity contribution is 5.84. The van der Waals surface area contributed by atoms with Crippen LogP contribution in [0.25, 0.3) is 16.9 Å². The fourth-order valence-corrected chi connectivity index (χ4v) is 2.61. The van der Waals surface area contributed by atoms with Crippen LogP contribution in [-0.4, -0.2) is 31.6 Å². The van der Waals surface area contributed by atoms with Crippen LogP contribution in [0.1, 0.15) is 47.7 Å². The van der Waals surface area contributed by atoms with Crippen molar-refractivity contribution in [1.82, 2.24) is 14.8 Å². The Morgan fingerprint density at radius 3 is 2.31 bits per heavy atom. The van der Waals surface area contributed by atoms with Gasteiger partial charge in [-0.2, -0.15) is 9.49 Å². The van der Waals surface area contributed by atoms with Gasteiger partial charge in [-0.1, -0.05) is 21.3 Å². The third-order valence-electron chi connectivity index (χ3n) is 3.88. The van der Waals surface area contributed by atoms with Gasteiger partial charge in [0.2, 0.25) is 5.82 Å². The molecule has 1 amide bonds. The molecule has 32 heavy (non-hydrogen) atoms. The van der Waals surface area contributed by atoms with Gasteiger partial charge in [0, 0.05) is 17.3 Å². The van der Waals surface area contributed by atoms with Gasteiger partial charge in [0.25, 0.3) is 0 Å². The van der Waals surface area contributed by atoms with Crippen LogP contribution in [0.2, 0.25) is 0 Å². The molecule has 7 nitrogen and oxygen atoms in total. The van der Waals surface area contributed by atoms with Crippen LogP contribution < -0.4 is 5.32 Å². The molecule has 0 unspecified atom stereocenters. The lowest BCUT2D eigenvalue weighted by Gasteiger charge is -2.19. The quantitative estimate of drug-likeness (QED) is 0.495. The van der Waals surface area contributed by atoms with Crippen LogP contribution >= 0.6 is 0 Å². The van der Waals surface area contributed by atoms with E-state index in [-0.39, 0.29) is 13.0 Å². The summed E-state index contributed by atoms with van der Waals surface area (Å²) in [7, 11) is 0. The number of phenolic OH excluding ortho intramolecular Hbond substituents is 1. The average Bonchev–Trinajstić information content (AvgIpc) is 3.08. The number of benzene rings is 1. The van der Waals surface area contributed by atoms with Crippen molar-refractivity contribution < 1.29 is 23.4 Å². The van der Waals surface area contributed by atoms with Gasteiger partial charge in [-0.05, 0) is 52.0 Å². The molecular weight excluding hydrogens is 418 g/mol. The number of phenols is 1. The molecule has 0 aliphatic rings. The highest BCUT2D eigenvalue weighted by Gasteiger charge is 2.19. The zero-order valence-electron chi connectivity index (χ0n) is 18.3. The van der Waals surface area contributed by atoms with E-state index in [0.29, 0.717) is 22.8 Å². The fourth-order valence-electron chi connectivity index (χ4n) is 2.61. The Morgan fingerprint density at radius 1 is 1.09 bits per heavy atom. The molecule has 1 aromatic carbocycles. The maximum absolute atomic E-state index is 14.2. The average molecular weight is 449 g/mol. The van der Waals surface area contributed by atoms with E-state index in [0.717, 1.165) is 6.07 Å². The molecule has 9 heteroatoms. The molecular formula is C23H30F2N4O3. The number of aromatic nitrogens is 3. The number of nitrogens with zero attached hydrogens (tertiary/aromatic N) is 3. The van der Waals surface area contributed by atoms with Gasteiger partial charge in [0.05, 0.1) is 17.6 Å². The Bertz CT molecular complexity index is 1060. The van der Waals surface area contributed by atoms with E-state index in [1.54, 1.807) is 39.8 Å². The zero-order valence-corrected chi connectivity index (χ0v) is 18.3. The second-order valence-electron chi connectivity index (χ2n) is 7.36. The Hall–Kier alpha value is -3.49. The molecule has 3 rings (SSSR count). The third kappa shape index (κ3) is 6.26. The maximum atomic E-state index is 14.2. The number of hydrogen-bond acceptors (Lipinski definition) is 5. The normalized spacial score (nSPS) is 10.5. The van der Waals surface area contributed by atoms with Gasteiger partial charge < -0.3 is 9.84 Å². The summed E-state index contributed by atoms with van der Waals surface area (Å²) in [5.74, 6) is -2.82. The first-order chi connectivity index (χ1) is 14.5. The Kier molecular flexibility index (Phi) is 8.87. The van der Waals surface area contributed by atoms with E-state index in [2.05, 4.69) is 15.4 Å². The number of halogens is 2. The molecule has 0 bridgehead atoms. The van der Waals surface area contributed by atoms with Crippen molar-refractivity contribution in [3.8, 4) is 22.7 Å². The van der Waals surface area contributed by atoms with Gasteiger partial charge in [-0.25, -0.2) is 18.9 Å². The number of aryl methyl sites for hydroxylation is 1. The number of pyridine rings is 1. The fraction of sp³-hybridized carbons (Fsp3) is 0.348. The van der Waals surface area contributed by atoms with Crippen LogP contribution in [-0.2, 0) is 4.74 Å². The van der Waals surface area contributed by atoms with Gasteiger partial charge in [0.15, 0.2) is 17.4 Å². The predicted octanol–water partition coefficient (Wildman–Crippen LogP) is 6.24. The molecule has 174 valence electrons. The molecule has 0 aliphatic carbocycles. The Morgan fingerprint density at radius 2 is 1.75 bits per heavy atom. The second kappa shape index (κ2) is 10.7. The molecule has 0 radical (unpaired) electrons.